The minimum Gasteiger partial charge on any atom is -0.478 e. The van der Waals surface area contributed by atoms with Crippen molar-refractivity contribution in [1.82, 2.24) is 0 Å². The molecule has 0 saturated carbocycles. The van der Waals surface area contributed by atoms with Gasteiger partial charge in [-0.05, 0) is 26.0 Å². The Morgan fingerprint density at radius 3 is 2.19 bits per heavy atom. The molecule has 5 heteroatoms. The fourth-order valence-corrected chi connectivity index (χ4v) is 2.32. The second kappa shape index (κ2) is 2.95. The van der Waals surface area contributed by atoms with E-state index in [0.717, 1.165) is 0 Å². The van der Waals surface area contributed by atoms with Crippen molar-refractivity contribution >= 4 is 11.9 Å². The average Bonchev–Trinajstić information content (AvgIpc) is 2.62. The van der Waals surface area contributed by atoms with Crippen molar-refractivity contribution in [2.75, 3.05) is 7.11 Å². The summed E-state index contributed by atoms with van der Waals surface area (Å²) >= 11 is 0. The van der Waals surface area contributed by atoms with Crippen molar-refractivity contribution in [2.24, 2.45) is 0 Å². The Bertz CT molecular complexity index is 447. The summed E-state index contributed by atoms with van der Waals surface area (Å²) in [6.45, 7) is 3.27. The number of carboxylic acids is 1. The monoisotopic (exact) mass is 224 g/mol. The minimum atomic E-state index is -1.16. The number of fused-ring (bicyclic) bond motifs is 2. The van der Waals surface area contributed by atoms with Gasteiger partial charge in [-0.15, -0.1) is 0 Å². The predicted octanol–water partition coefficient (Wildman–Crippen LogP) is 0.658. The molecule has 0 unspecified atom stereocenters. The second-order valence-electron chi connectivity index (χ2n) is 4.20. The third-order valence-electron chi connectivity index (χ3n) is 2.99. The van der Waals surface area contributed by atoms with Crippen LogP contribution in [0.3, 0.4) is 0 Å². The first kappa shape index (κ1) is 10.9. The van der Waals surface area contributed by atoms with Gasteiger partial charge in [-0.1, -0.05) is 0 Å². The summed E-state index contributed by atoms with van der Waals surface area (Å²) in [5, 5.41) is 9.15. The number of hydrogen-bond donors (Lipinski definition) is 1. The van der Waals surface area contributed by atoms with Crippen LogP contribution in [0.2, 0.25) is 0 Å². The number of esters is 1. The van der Waals surface area contributed by atoms with Gasteiger partial charge in [-0.25, -0.2) is 9.59 Å². The molecule has 2 atom stereocenters. The molecule has 1 N–H and O–H groups in total. The number of carbonyl (C=O) groups excluding carboxylic acids is 1. The molecule has 5 nitrogen and oxygen atoms in total. The first-order valence-corrected chi connectivity index (χ1v) is 4.81. The number of methoxy groups -OCH3 is 1. The standard InChI is InChI=1S/C11H12O5/c1-10-4-5-11(2,16-10)7(9(14)15-3)6(10)8(12)13/h4-5H,1-3H3,(H,12,13)/t10-,11+/m1/s1. The molecule has 0 aromatic heterocycles. The van der Waals surface area contributed by atoms with Crippen LogP contribution >= 0.6 is 0 Å². The Kier molecular flexibility index (Phi) is 2.00. The van der Waals surface area contributed by atoms with E-state index in [4.69, 9.17) is 9.84 Å². The normalized spacial score (nSPS) is 35.7. The molecule has 0 aromatic rings. The zero-order chi connectivity index (χ0) is 12.1. The molecule has 0 aromatic carbocycles. The van der Waals surface area contributed by atoms with Crippen LogP contribution in [0.5, 0.6) is 0 Å². The topological polar surface area (TPSA) is 72.8 Å². The van der Waals surface area contributed by atoms with Gasteiger partial charge in [0.05, 0.1) is 18.3 Å². The first-order chi connectivity index (χ1) is 7.34. The zero-order valence-electron chi connectivity index (χ0n) is 9.23. The van der Waals surface area contributed by atoms with Gasteiger partial charge in [-0.3, -0.25) is 0 Å². The fraction of sp³-hybridized carbons (Fsp3) is 0.455. The number of aliphatic carboxylic acids is 1. The minimum absolute atomic E-state index is 0.0376. The molecule has 0 radical (unpaired) electrons. The third-order valence-corrected chi connectivity index (χ3v) is 2.99. The van der Waals surface area contributed by atoms with Crippen LogP contribution in [0, 0.1) is 0 Å². The van der Waals surface area contributed by atoms with E-state index >= 15 is 0 Å². The Morgan fingerprint density at radius 1 is 1.25 bits per heavy atom. The highest BCUT2D eigenvalue weighted by atomic mass is 16.6. The van der Waals surface area contributed by atoms with E-state index in [1.54, 1.807) is 26.0 Å². The number of ether oxygens (including phenoxy) is 2. The second-order valence-corrected chi connectivity index (χ2v) is 4.20. The van der Waals surface area contributed by atoms with E-state index < -0.39 is 23.1 Å². The van der Waals surface area contributed by atoms with Crippen LogP contribution in [0.4, 0.5) is 0 Å². The third kappa shape index (κ3) is 1.15. The average molecular weight is 224 g/mol. The van der Waals surface area contributed by atoms with E-state index in [1.165, 1.54) is 7.11 Å². The SMILES string of the molecule is COC(=O)C1=C(C(=O)O)[C@@]2(C)C=C[C@]1(C)O2. The van der Waals surface area contributed by atoms with E-state index in [-0.39, 0.29) is 11.1 Å². The van der Waals surface area contributed by atoms with E-state index in [1.807, 2.05) is 0 Å². The predicted molar refractivity (Wildman–Crippen MR) is 53.7 cm³/mol. The highest BCUT2D eigenvalue weighted by Crippen LogP contribution is 2.49. The van der Waals surface area contributed by atoms with Crippen molar-refractivity contribution in [3.8, 4) is 0 Å². The van der Waals surface area contributed by atoms with Crippen molar-refractivity contribution < 1.29 is 24.2 Å². The Labute approximate surface area is 92.3 Å². The lowest BCUT2D eigenvalue weighted by Crippen LogP contribution is -2.28. The summed E-state index contributed by atoms with van der Waals surface area (Å²) in [4.78, 5) is 22.8. The largest absolute Gasteiger partial charge is 0.478 e. The molecule has 0 aliphatic carbocycles. The Hall–Kier alpha value is -1.62. The van der Waals surface area contributed by atoms with Gasteiger partial charge < -0.3 is 14.6 Å². The van der Waals surface area contributed by atoms with Crippen LogP contribution < -0.4 is 0 Å². The summed E-state index contributed by atoms with van der Waals surface area (Å²) < 4.78 is 10.2. The van der Waals surface area contributed by atoms with Crippen LogP contribution in [0.1, 0.15) is 13.8 Å². The van der Waals surface area contributed by atoms with Gasteiger partial charge >= 0.3 is 11.9 Å². The van der Waals surface area contributed by atoms with E-state index in [2.05, 4.69) is 4.74 Å². The lowest BCUT2D eigenvalue weighted by Gasteiger charge is -2.20. The molecule has 0 fully saturated rings. The van der Waals surface area contributed by atoms with Crippen molar-refractivity contribution in [3.63, 3.8) is 0 Å². The summed E-state index contributed by atoms with van der Waals surface area (Å²) in [5.41, 5.74) is -1.99. The maximum absolute atomic E-state index is 11.6. The lowest BCUT2D eigenvalue weighted by molar-refractivity contribution is -0.138. The molecule has 16 heavy (non-hydrogen) atoms. The van der Waals surface area contributed by atoms with Crippen molar-refractivity contribution in [2.45, 2.75) is 25.0 Å². The number of rotatable bonds is 2. The number of hydrogen-bond acceptors (Lipinski definition) is 4. The molecule has 0 spiro atoms. The van der Waals surface area contributed by atoms with Gasteiger partial charge in [0.1, 0.15) is 11.2 Å². The summed E-state index contributed by atoms with van der Waals surface area (Å²) in [6, 6.07) is 0. The first-order valence-electron chi connectivity index (χ1n) is 4.81. The highest BCUT2D eigenvalue weighted by Gasteiger charge is 2.57. The molecule has 0 amide bonds. The van der Waals surface area contributed by atoms with Crippen molar-refractivity contribution in [3.05, 3.63) is 23.3 Å². The lowest BCUT2D eigenvalue weighted by atomic mass is 9.83. The van der Waals surface area contributed by atoms with Crippen LogP contribution in [0.15, 0.2) is 23.3 Å². The maximum atomic E-state index is 11.6. The molecule has 2 aliphatic rings. The molecule has 86 valence electrons. The van der Waals surface area contributed by atoms with Gasteiger partial charge in [-0.2, -0.15) is 0 Å². The van der Waals surface area contributed by atoms with E-state index in [9.17, 15) is 9.59 Å². The quantitative estimate of drug-likeness (QED) is 0.551. The molecular formula is C11H12O5. The van der Waals surface area contributed by atoms with Crippen LogP contribution in [0.25, 0.3) is 0 Å². The molecular weight excluding hydrogens is 212 g/mol. The fourth-order valence-electron chi connectivity index (χ4n) is 2.32. The maximum Gasteiger partial charge on any atom is 0.337 e. The number of carbonyl (C=O) groups is 2. The molecule has 2 aliphatic heterocycles. The molecule has 0 saturated heterocycles. The zero-order valence-corrected chi connectivity index (χ0v) is 9.23. The summed E-state index contributed by atoms with van der Waals surface area (Å²) in [6.07, 6.45) is 3.34. The Balaban J connectivity index is 2.63. The highest BCUT2D eigenvalue weighted by molar-refractivity contribution is 6.05. The van der Waals surface area contributed by atoms with Gasteiger partial charge in [0.2, 0.25) is 0 Å². The van der Waals surface area contributed by atoms with Gasteiger partial charge in [0, 0.05) is 0 Å². The van der Waals surface area contributed by atoms with E-state index in [0.29, 0.717) is 0 Å². The molecule has 2 heterocycles. The van der Waals surface area contributed by atoms with Gasteiger partial charge in [0.15, 0.2) is 0 Å². The number of carboxylic acid groups (broad SMARTS) is 1. The summed E-state index contributed by atoms with van der Waals surface area (Å²) in [7, 11) is 1.22. The van der Waals surface area contributed by atoms with Crippen molar-refractivity contribution in [1.29, 1.82) is 0 Å². The summed E-state index contributed by atoms with van der Waals surface area (Å²) in [5.74, 6) is -1.82. The van der Waals surface area contributed by atoms with Gasteiger partial charge in [0.25, 0.3) is 0 Å². The van der Waals surface area contributed by atoms with Crippen LogP contribution in [-0.4, -0.2) is 35.4 Å². The smallest absolute Gasteiger partial charge is 0.337 e. The molecule has 2 rings (SSSR count). The van der Waals surface area contributed by atoms with Crippen LogP contribution in [-0.2, 0) is 19.1 Å². The Morgan fingerprint density at radius 2 is 1.75 bits per heavy atom. The molecule has 2 bridgehead atoms.